The van der Waals surface area contributed by atoms with Crippen LogP contribution in [-0.2, 0) is 9.59 Å². The van der Waals surface area contributed by atoms with E-state index in [1.54, 1.807) is 17.9 Å². The van der Waals surface area contributed by atoms with Gasteiger partial charge < -0.3 is 19.3 Å². The summed E-state index contributed by atoms with van der Waals surface area (Å²) in [7, 11) is 0. The molecule has 1 aromatic heterocycles. The van der Waals surface area contributed by atoms with E-state index in [1.807, 2.05) is 0 Å². The number of aromatic nitrogens is 1. The van der Waals surface area contributed by atoms with Crippen molar-refractivity contribution in [1.82, 2.24) is 10.1 Å². The monoisotopic (exact) mass is 296 g/mol. The normalized spacial score (nSPS) is 18.5. The van der Waals surface area contributed by atoms with Crippen LogP contribution in [0.5, 0.6) is 5.88 Å². The van der Waals surface area contributed by atoms with E-state index in [0.29, 0.717) is 31.2 Å². The highest BCUT2D eigenvalue weighted by Crippen LogP contribution is 2.21. The van der Waals surface area contributed by atoms with E-state index in [2.05, 4.69) is 5.16 Å². The molecule has 1 saturated heterocycles. The quantitative estimate of drug-likeness (QED) is 0.854. The molecule has 0 saturated carbocycles. The highest BCUT2D eigenvalue weighted by molar-refractivity contribution is 5.77. The van der Waals surface area contributed by atoms with Crippen molar-refractivity contribution in [1.29, 1.82) is 0 Å². The minimum absolute atomic E-state index is 0.0718. The van der Waals surface area contributed by atoms with E-state index in [-0.39, 0.29) is 24.9 Å². The number of nitrogens with zero attached hydrogens (tertiary/aromatic N) is 2. The summed E-state index contributed by atoms with van der Waals surface area (Å²) in [6.07, 6.45) is 2.64. The molecule has 1 aliphatic rings. The lowest BCUT2D eigenvalue weighted by molar-refractivity contribution is -0.137. The molecule has 2 rings (SSSR count). The molecule has 21 heavy (non-hydrogen) atoms. The molecule has 1 fully saturated rings. The Balaban J connectivity index is 1.77. The summed E-state index contributed by atoms with van der Waals surface area (Å²) >= 11 is 0. The molecule has 0 aromatic carbocycles. The maximum absolute atomic E-state index is 12.1. The van der Waals surface area contributed by atoms with Gasteiger partial charge in [-0.3, -0.25) is 9.59 Å². The van der Waals surface area contributed by atoms with Crippen LogP contribution in [0, 0.1) is 12.8 Å². The van der Waals surface area contributed by atoms with Crippen molar-refractivity contribution in [2.45, 2.75) is 32.6 Å². The van der Waals surface area contributed by atoms with Crippen molar-refractivity contribution in [3.8, 4) is 5.88 Å². The number of carbonyl (C=O) groups excluding carboxylic acids is 1. The zero-order valence-corrected chi connectivity index (χ0v) is 12.1. The first-order chi connectivity index (χ1) is 10.0. The molecule has 0 bridgehead atoms. The lowest BCUT2D eigenvalue weighted by Gasteiger charge is -2.32. The van der Waals surface area contributed by atoms with Gasteiger partial charge in [0, 0.05) is 25.6 Å². The molecule has 0 aliphatic carbocycles. The summed E-state index contributed by atoms with van der Waals surface area (Å²) in [5.41, 5.74) is 0. The van der Waals surface area contributed by atoms with Gasteiger partial charge in [-0.2, -0.15) is 0 Å². The van der Waals surface area contributed by atoms with Crippen LogP contribution in [-0.4, -0.2) is 46.7 Å². The zero-order valence-electron chi connectivity index (χ0n) is 12.1. The van der Waals surface area contributed by atoms with Crippen molar-refractivity contribution in [2.24, 2.45) is 5.92 Å². The highest BCUT2D eigenvalue weighted by Gasteiger charge is 2.24. The fourth-order valence-electron chi connectivity index (χ4n) is 2.49. The van der Waals surface area contributed by atoms with Gasteiger partial charge in [-0.05, 0) is 37.3 Å². The van der Waals surface area contributed by atoms with Gasteiger partial charge in [0.2, 0.25) is 0 Å². The van der Waals surface area contributed by atoms with Gasteiger partial charge in [-0.15, -0.1) is 0 Å². The Hall–Kier alpha value is -2.05. The van der Waals surface area contributed by atoms with Crippen LogP contribution in [0.2, 0.25) is 0 Å². The Morgan fingerprint density at radius 1 is 1.57 bits per heavy atom. The van der Waals surface area contributed by atoms with Gasteiger partial charge in [-0.1, -0.05) is 0 Å². The third-order valence-electron chi connectivity index (χ3n) is 3.59. The minimum atomic E-state index is -0.789. The van der Waals surface area contributed by atoms with Crippen molar-refractivity contribution in [3.05, 3.63) is 11.8 Å². The molecule has 7 nitrogen and oxygen atoms in total. The second kappa shape index (κ2) is 7.10. The molecule has 7 heteroatoms. The van der Waals surface area contributed by atoms with Crippen LogP contribution in [0.3, 0.4) is 0 Å². The Labute approximate surface area is 122 Å². The number of hydrogen-bond donors (Lipinski definition) is 1. The van der Waals surface area contributed by atoms with Gasteiger partial charge in [0.15, 0.2) is 6.61 Å². The SMILES string of the molecule is Cc1cc(OCC(=O)N2CCCC(CCC(=O)O)C2)no1. The van der Waals surface area contributed by atoms with Crippen LogP contribution in [0.4, 0.5) is 0 Å². The van der Waals surface area contributed by atoms with E-state index in [4.69, 9.17) is 14.4 Å². The average Bonchev–Trinajstić information content (AvgIpc) is 2.88. The Bertz CT molecular complexity index is 499. The Morgan fingerprint density at radius 2 is 2.38 bits per heavy atom. The fourth-order valence-corrected chi connectivity index (χ4v) is 2.49. The topological polar surface area (TPSA) is 92.9 Å². The number of ether oxygens (including phenoxy) is 1. The van der Waals surface area contributed by atoms with Crippen LogP contribution < -0.4 is 4.74 Å². The van der Waals surface area contributed by atoms with Crippen LogP contribution in [0.15, 0.2) is 10.6 Å². The Kier molecular flexibility index (Phi) is 5.19. The van der Waals surface area contributed by atoms with E-state index < -0.39 is 5.97 Å². The zero-order chi connectivity index (χ0) is 15.2. The third kappa shape index (κ3) is 4.77. The molecule has 1 atom stereocenters. The van der Waals surface area contributed by atoms with Crippen LogP contribution >= 0.6 is 0 Å². The number of hydrogen-bond acceptors (Lipinski definition) is 5. The molecule has 1 unspecified atom stereocenters. The van der Waals surface area contributed by atoms with Crippen molar-refractivity contribution in [2.75, 3.05) is 19.7 Å². The molecular formula is C14H20N2O5. The number of carboxylic acid groups (broad SMARTS) is 1. The number of carbonyl (C=O) groups is 2. The number of aryl methyl sites for hydroxylation is 1. The van der Waals surface area contributed by atoms with Crippen molar-refractivity contribution >= 4 is 11.9 Å². The molecule has 1 aliphatic heterocycles. The number of aliphatic carboxylic acids is 1. The largest absolute Gasteiger partial charge is 0.481 e. The van der Waals surface area contributed by atoms with E-state index in [0.717, 1.165) is 12.8 Å². The van der Waals surface area contributed by atoms with E-state index >= 15 is 0 Å². The first-order valence-electron chi connectivity index (χ1n) is 7.10. The number of rotatable bonds is 6. The van der Waals surface area contributed by atoms with Crippen molar-refractivity contribution < 1.29 is 24.0 Å². The molecule has 1 amide bonds. The van der Waals surface area contributed by atoms with E-state index in [9.17, 15) is 9.59 Å². The third-order valence-corrected chi connectivity index (χ3v) is 3.59. The molecule has 1 N–H and O–H groups in total. The summed E-state index contributed by atoms with van der Waals surface area (Å²) < 4.78 is 10.1. The first kappa shape index (κ1) is 15.3. The predicted molar refractivity (Wildman–Crippen MR) is 72.9 cm³/mol. The predicted octanol–water partition coefficient (Wildman–Crippen LogP) is 1.47. The van der Waals surface area contributed by atoms with E-state index in [1.165, 1.54) is 0 Å². The smallest absolute Gasteiger partial charge is 0.303 e. The lowest BCUT2D eigenvalue weighted by atomic mass is 9.93. The summed E-state index contributed by atoms with van der Waals surface area (Å²) in [5, 5.41) is 12.4. The summed E-state index contributed by atoms with van der Waals surface area (Å²) in [5.74, 6) is 0.302. The van der Waals surface area contributed by atoms with Gasteiger partial charge in [0.1, 0.15) is 5.76 Å². The van der Waals surface area contributed by atoms with Gasteiger partial charge in [-0.25, -0.2) is 0 Å². The van der Waals surface area contributed by atoms with Crippen molar-refractivity contribution in [3.63, 3.8) is 0 Å². The number of likely N-dealkylation sites (tertiary alicyclic amines) is 1. The number of amides is 1. The Morgan fingerprint density at radius 3 is 3.05 bits per heavy atom. The summed E-state index contributed by atoms with van der Waals surface area (Å²) in [6, 6.07) is 1.62. The first-order valence-corrected chi connectivity index (χ1v) is 7.10. The van der Waals surface area contributed by atoms with Gasteiger partial charge >= 0.3 is 5.97 Å². The fraction of sp³-hybridized carbons (Fsp3) is 0.643. The standard InChI is InChI=1S/C14H20N2O5/c1-10-7-12(15-21-10)20-9-13(17)16-6-2-3-11(8-16)4-5-14(18)19/h7,11H,2-6,8-9H2,1H3,(H,18,19). The van der Waals surface area contributed by atoms with Crippen LogP contribution in [0.25, 0.3) is 0 Å². The van der Waals surface area contributed by atoms with Crippen LogP contribution in [0.1, 0.15) is 31.4 Å². The second-order valence-electron chi connectivity index (χ2n) is 5.34. The van der Waals surface area contributed by atoms with Gasteiger partial charge in [0.05, 0.1) is 0 Å². The second-order valence-corrected chi connectivity index (χ2v) is 5.34. The summed E-state index contributed by atoms with van der Waals surface area (Å²) in [6.45, 7) is 2.98. The average molecular weight is 296 g/mol. The minimum Gasteiger partial charge on any atom is -0.481 e. The highest BCUT2D eigenvalue weighted by atomic mass is 16.5. The van der Waals surface area contributed by atoms with Gasteiger partial charge in [0.25, 0.3) is 11.8 Å². The summed E-state index contributed by atoms with van der Waals surface area (Å²) in [4.78, 5) is 24.4. The lowest BCUT2D eigenvalue weighted by Crippen LogP contribution is -2.42. The molecule has 1 aromatic rings. The number of piperidine rings is 1. The molecule has 0 spiro atoms. The molecule has 116 valence electrons. The molecule has 2 heterocycles. The maximum Gasteiger partial charge on any atom is 0.303 e. The molecule has 0 radical (unpaired) electrons. The number of carboxylic acids is 1. The maximum atomic E-state index is 12.1. The molecular weight excluding hydrogens is 276 g/mol.